The number of nitrogens with zero attached hydrogens (tertiary/aromatic N) is 4. The van der Waals surface area contributed by atoms with Gasteiger partial charge in [0, 0.05) is 61.6 Å². The summed E-state index contributed by atoms with van der Waals surface area (Å²) in [4.78, 5) is 20.8. The molecule has 0 unspecified atom stereocenters. The van der Waals surface area contributed by atoms with Crippen LogP contribution < -0.4 is 15.4 Å². The van der Waals surface area contributed by atoms with E-state index in [0.29, 0.717) is 31.7 Å². The van der Waals surface area contributed by atoms with E-state index in [1.165, 1.54) is 18.0 Å². The molecule has 3 aliphatic rings. The summed E-state index contributed by atoms with van der Waals surface area (Å²) in [5.74, 6) is -0.743. The van der Waals surface area contributed by atoms with Crippen molar-refractivity contribution in [3.05, 3.63) is 81.7 Å². The number of para-hydroxylation sites is 1. The molecule has 0 aromatic heterocycles. The minimum absolute atomic E-state index is 0.118. The molecule has 0 bridgehead atoms. The lowest BCUT2D eigenvalue weighted by molar-refractivity contribution is 0.0667. The molecule has 204 valence electrons. The summed E-state index contributed by atoms with van der Waals surface area (Å²) >= 11 is 1.27. The summed E-state index contributed by atoms with van der Waals surface area (Å²) in [6.07, 6.45) is 8.15. The van der Waals surface area contributed by atoms with Crippen molar-refractivity contribution < 1.29 is 9.18 Å². The minimum atomic E-state index is -0.479. The predicted octanol–water partition coefficient (Wildman–Crippen LogP) is 5.01. The molecule has 2 heterocycles. The van der Waals surface area contributed by atoms with Gasteiger partial charge in [0.15, 0.2) is 0 Å². The fourth-order valence-electron chi connectivity index (χ4n) is 5.67. The van der Waals surface area contributed by atoms with E-state index in [1.54, 1.807) is 11.0 Å². The van der Waals surface area contributed by atoms with Crippen LogP contribution in [0.5, 0.6) is 0 Å². The number of benzene rings is 2. The molecule has 7 nitrogen and oxygen atoms in total. The van der Waals surface area contributed by atoms with Gasteiger partial charge in [-0.15, -0.1) is 0 Å². The molecule has 3 N–H and O–H groups in total. The molecule has 1 aliphatic carbocycles. The molecule has 5 rings (SSSR count). The van der Waals surface area contributed by atoms with Crippen LogP contribution in [-0.4, -0.2) is 61.0 Å². The number of halogens is 1. The van der Waals surface area contributed by atoms with E-state index in [-0.39, 0.29) is 17.5 Å². The van der Waals surface area contributed by atoms with Crippen molar-refractivity contribution in [2.24, 2.45) is 5.14 Å². The van der Waals surface area contributed by atoms with Crippen molar-refractivity contribution >= 4 is 29.2 Å². The van der Waals surface area contributed by atoms with Gasteiger partial charge in [0.2, 0.25) is 0 Å². The average Bonchev–Trinajstić information content (AvgIpc) is 2.98. The number of nitrogens with one attached hydrogen (secondary N) is 1. The van der Waals surface area contributed by atoms with Gasteiger partial charge in [-0.05, 0) is 74.4 Å². The lowest BCUT2D eigenvalue weighted by Crippen LogP contribution is -2.48. The van der Waals surface area contributed by atoms with Crippen molar-refractivity contribution in [1.29, 1.82) is 5.26 Å². The molecular weight excluding hydrogens is 511 g/mol. The van der Waals surface area contributed by atoms with E-state index in [9.17, 15) is 10.1 Å². The molecule has 0 radical (unpaired) electrons. The summed E-state index contributed by atoms with van der Waals surface area (Å²) in [7, 11) is 0. The van der Waals surface area contributed by atoms with Crippen LogP contribution in [0.2, 0.25) is 0 Å². The number of carbonyl (C=O) groups is 1. The van der Waals surface area contributed by atoms with E-state index in [2.05, 4.69) is 33.3 Å². The van der Waals surface area contributed by atoms with Gasteiger partial charge in [0.1, 0.15) is 11.9 Å². The number of allylic oxidation sites excluding steroid dienone is 2. The summed E-state index contributed by atoms with van der Waals surface area (Å²) in [5.41, 5.74) is 4.51. The summed E-state index contributed by atoms with van der Waals surface area (Å²) in [5, 5.41) is 18.9. The molecule has 2 aromatic rings. The van der Waals surface area contributed by atoms with E-state index >= 15 is 4.39 Å². The molecule has 2 saturated heterocycles. The highest BCUT2D eigenvalue weighted by Crippen LogP contribution is 2.30. The summed E-state index contributed by atoms with van der Waals surface area (Å²) in [6, 6.07) is 13.3. The van der Waals surface area contributed by atoms with Gasteiger partial charge in [-0.3, -0.25) is 9.93 Å². The van der Waals surface area contributed by atoms with Crippen LogP contribution in [0.25, 0.3) is 0 Å². The maximum absolute atomic E-state index is 15.0. The first-order chi connectivity index (χ1) is 19.0. The minimum Gasteiger partial charge on any atom is -0.382 e. The maximum atomic E-state index is 15.0. The highest BCUT2D eigenvalue weighted by atomic mass is 32.2. The Balaban J connectivity index is 1.21. The highest BCUT2D eigenvalue weighted by molar-refractivity contribution is 8.01. The third kappa shape index (κ3) is 5.92. The van der Waals surface area contributed by atoms with Gasteiger partial charge in [0.25, 0.3) is 5.91 Å². The second kappa shape index (κ2) is 12.1. The molecule has 2 aliphatic heterocycles. The second-order valence-electron chi connectivity index (χ2n) is 10.3. The molecule has 39 heavy (non-hydrogen) atoms. The normalized spacial score (nSPS) is 18.4. The Hall–Kier alpha value is -3.48. The smallest absolute Gasteiger partial charge is 0.257 e. The second-order valence-corrected chi connectivity index (χ2v) is 11.0. The van der Waals surface area contributed by atoms with Crippen LogP contribution in [0.3, 0.4) is 0 Å². The first-order valence-electron chi connectivity index (χ1n) is 13.6. The Morgan fingerprint density at radius 1 is 1.05 bits per heavy atom. The molecular formula is C30H35FN6OS. The Labute approximate surface area is 234 Å². The molecule has 2 fully saturated rings. The summed E-state index contributed by atoms with van der Waals surface area (Å²) in [6.45, 7) is 5.98. The number of hydrogen-bond donors (Lipinski definition) is 2. The number of nitrogens with two attached hydrogens (primary N) is 1. The number of amides is 1. The molecule has 0 saturated carbocycles. The number of piperidine rings is 1. The third-order valence-corrected chi connectivity index (χ3v) is 8.52. The largest absolute Gasteiger partial charge is 0.382 e. The number of piperazine rings is 1. The van der Waals surface area contributed by atoms with Gasteiger partial charge >= 0.3 is 0 Å². The van der Waals surface area contributed by atoms with Gasteiger partial charge in [0.05, 0.1) is 16.8 Å². The SMILES string of the molecule is Cc1cc(F)c(C(=O)N2CCN(C3=CCCC=C3SN)CC2)cc1NC1CCN(c2ccccc2C#N)CC1. The van der Waals surface area contributed by atoms with Crippen LogP contribution in [0.15, 0.2) is 59.2 Å². The zero-order chi connectivity index (χ0) is 27.4. The van der Waals surface area contributed by atoms with E-state index in [4.69, 9.17) is 5.14 Å². The molecule has 9 heteroatoms. The standard InChI is InChI=1S/C30H35FN6OS/c1-21-18-25(31)24(30(38)37-16-14-36(15-17-37)28-8-4-5-9-29(28)39-33)19-26(21)34-23-10-12-35(13-11-23)27-7-3-2-6-22(27)20-32/h2-3,6-9,18-19,23,34H,4-5,10-17,33H2,1H3. The molecule has 1 amide bonds. The van der Waals surface area contributed by atoms with Gasteiger partial charge in [-0.2, -0.15) is 5.26 Å². The zero-order valence-electron chi connectivity index (χ0n) is 22.3. The molecule has 2 aromatic carbocycles. The Bertz CT molecular complexity index is 1320. The van der Waals surface area contributed by atoms with Crippen molar-refractivity contribution in [2.45, 2.75) is 38.6 Å². The van der Waals surface area contributed by atoms with Crippen LogP contribution >= 0.6 is 11.9 Å². The number of carbonyl (C=O) groups excluding carboxylic acids is 1. The van der Waals surface area contributed by atoms with E-state index in [1.807, 2.05) is 31.2 Å². The fraction of sp³-hybridized carbons (Fsp3) is 0.400. The lowest BCUT2D eigenvalue weighted by atomic mass is 10.0. The van der Waals surface area contributed by atoms with Gasteiger partial charge in [-0.25, -0.2) is 4.39 Å². The van der Waals surface area contributed by atoms with E-state index < -0.39 is 5.82 Å². The first-order valence-corrected chi connectivity index (χ1v) is 14.5. The summed E-state index contributed by atoms with van der Waals surface area (Å²) < 4.78 is 15.0. The number of nitriles is 1. The maximum Gasteiger partial charge on any atom is 0.257 e. The van der Waals surface area contributed by atoms with Crippen LogP contribution in [0.1, 0.15) is 47.2 Å². The van der Waals surface area contributed by atoms with Crippen LogP contribution in [-0.2, 0) is 0 Å². The number of hydrogen-bond acceptors (Lipinski definition) is 7. The number of rotatable bonds is 6. The number of anilines is 2. The van der Waals surface area contributed by atoms with Crippen molar-refractivity contribution in [3.8, 4) is 6.07 Å². The van der Waals surface area contributed by atoms with E-state index in [0.717, 1.165) is 66.3 Å². The molecule has 0 atom stereocenters. The first kappa shape index (κ1) is 27.1. The lowest BCUT2D eigenvalue weighted by Gasteiger charge is -2.38. The topological polar surface area (TPSA) is 88.6 Å². The van der Waals surface area contributed by atoms with Crippen LogP contribution in [0, 0.1) is 24.1 Å². The van der Waals surface area contributed by atoms with Crippen molar-refractivity contribution in [3.63, 3.8) is 0 Å². The number of aryl methyl sites for hydroxylation is 1. The fourth-order valence-corrected chi connectivity index (χ4v) is 6.22. The van der Waals surface area contributed by atoms with Crippen LogP contribution in [0.4, 0.5) is 15.8 Å². The Morgan fingerprint density at radius 3 is 2.49 bits per heavy atom. The third-order valence-electron chi connectivity index (χ3n) is 7.89. The zero-order valence-corrected chi connectivity index (χ0v) is 23.1. The van der Waals surface area contributed by atoms with Gasteiger partial charge < -0.3 is 20.0 Å². The average molecular weight is 547 g/mol. The Kier molecular flexibility index (Phi) is 8.44. The predicted molar refractivity (Wildman–Crippen MR) is 156 cm³/mol. The highest BCUT2D eigenvalue weighted by Gasteiger charge is 2.28. The monoisotopic (exact) mass is 546 g/mol. The quantitative estimate of drug-likeness (QED) is 0.492. The Morgan fingerprint density at radius 2 is 1.77 bits per heavy atom. The molecule has 0 spiro atoms. The van der Waals surface area contributed by atoms with Crippen molar-refractivity contribution in [2.75, 3.05) is 49.5 Å². The van der Waals surface area contributed by atoms with Crippen molar-refractivity contribution in [1.82, 2.24) is 9.80 Å². The van der Waals surface area contributed by atoms with Gasteiger partial charge in [-0.1, -0.05) is 24.3 Å².